The van der Waals surface area contributed by atoms with Crippen molar-refractivity contribution in [2.24, 2.45) is 0 Å². The lowest BCUT2D eigenvalue weighted by atomic mass is 9.91. The molecule has 0 radical (unpaired) electrons. The van der Waals surface area contributed by atoms with Crippen molar-refractivity contribution in [3.8, 4) is 11.5 Å². The van der Waals surface area contributed by atoms with Crippen molar-refractivity contribution in [3.05, 3.63) is 105 Å². The highest BCUT2D eigenvalue weighted by atomic mass is 16.5. The van der Waals surface area contributed by atoms with E-state index in [0.29, 0.717) is 31.0 Å². The first-order valence-corrected chi connectivity index (χ1v) is 12.9. The number of ether oxygens (including phenoxy) is 2. The van der Waals surface area contributed by atoms with E-state index in [1.807, 2.05) is 42.2 Å². The summed E-state index contributed by atoms with van der Waals surface area (Å²) < 4.78 is 16.8. The van der Waals surface area contributed by atoms with Gasteiger partial charge in [0.05, 0.1) is 12.5 Å². The molecule has 5 rings (SSSR count). The maximum Gasteiger partial charge on any atom is 0.227 e. The van der Waals surface area contributed by atoms with Crippen LogP contribution in [0.5, 0.6) is 11.5 Å². The molecule has 39 heavy (non-hydrogen) atoms. The zero-order valence-electron chi connectivity index (χ0n) is 22.2. The van der Waals surface area contributed by atoms with E-state index in [4.69, 9.17) is 13.9 Å². The molecule has 0 bridgehead atoms. The third-order valence-electron chi connectivity index (χ3n) is 6.98. The monoisotopic (exact) mass is 528 g/mol. The molecule has 2 N–H and O–H groups in total. The zero-order valence-corrected chi connectivity index (χ0v) is 22.2. The number of hydrogen-bond donors (Lipinski definition) is 2. The standard InChI is InChI=1S/C31H32N2O6/c1-19(2)17-38-21-10-8-20(9-11-21)25(31-30(36)28(34)14-22(39-31)18-37-3)15-29(35)33-13-12-24-23-6-4-5-7-26(23)32-27(24)16-33/h4-11,14,25,32,36H,1,12-13,15-18H2,2-3H3/t25-/m1/s1. The van der Waals surface area contributed by atoms with Gasteiger partial charge in [0.25, 0.3) is 0 Å². The Hall–Kier alpha value is -4.30. The Bertz CT molecular complexity index is 1570. The van der Waals surface area contributed by atoms with Crippen molar-refractivity contribution in [1.29, 1.82) is 0 Å². The second-order valence-electron chi connectivity index (χ2n) is 9.99. The summed E-state index contributed by atoms with van der Waals surface area (Å²) in [4.78, 5) is 31.5. The van der Waals surface area contributed by atoms with Crippen LogP contribution >= 0.6 is 0 Å². The van der Waals surface area contributed by atoms with Gasteiger partial charge in [-0.1, -0.05) is 36.9 Å². The molecule has 0 aliphatic carbocycles. The third kappa shape index (κ3) is 5.61. The number of carbonyl (C=O) groups excluding carboxylic acids is 1. The minimum absolute atomic E-state index is 0.00840. The Morgan fingerprint density at radius 1 is 1.21 bits per heavy atom. The Kier molecular flexibility index (Phi) is 7.56. The largest absolute Gasteiger partial charge is 0.502 e. The smallest absolute Gasteiger partial charge is 0.227 e. The van der Waals surface area contributed by atoms with E-state index in [1.165, 1.54) is 24.1 Å². The van der Waals surface area contributed by atoms with Crippen LogP contribution < -0.4 is 10.2 Å². The lowest BCUT2D eigenvalue weighted by Crippen LogP contribution is -2.36. The highest BCUT2D eigenvalue weighted by Gasteiger charge is 2.30. The fourth-order valence-electron chi connectivity index (χ4n) is 5.08. The minimum Gasteiger partial charge on any atom is -0.502 e. The van der Waals surface area contributed by atoms with E-state index in [0.717, 1.165) is 23.2 Å². The molecule has 202 valence electrons. The van der Waals surface area contributed by atoms with Gasteiger partial charge in [0.2, 0.25) is 17.1 Å². The van der Waals surface area contributed by atoms with Crippen LogP contribution in [0.1, 0.15) is 47.6 Å². The average molecular weight is 529 g/mol. The van der Waals surface area contributed by atoms with E-state index in [1.54, 1.807) is 12.1 Å². The first-order valence-electron chi connectivity index (χ1n) is 12.9. The molecule has 2 aromatic heterocycles. The number of amides is 1. The lowest BCUT2D eigenvalue weighted by molar-refractivity contribution is -0.132. The van der Waals surface area contributed by atoms with Crippen LogP contribution in [0.25, 0.3) is 10.9 Å². The molecule has 8 nitrogen and oxygen atoms in total. The quantitative estimate of drug-likeness (QED) is 0.295. The number of aromatic amines is 1. The van der Waals surface area contributed by atoms with Crippen LogP contribution in [0.15, 0.2) is 76.0 Å². The molecule has 4 aromatic rings. The molecule has 2 aromatic carbocycles. The van der Waals surface area contributed by atoms with Gasteiger partial charge in [0, 0.05) is 42.7 Å². The van der Waals surface area contributed by atoms with E-state index in [9.17, 15) is 14.7 Å². The summed E-state index contributed by atoms with van der Waals surface area (Å²) in [5.41, 5.74) is 4.36. The Balaban J connectivity index is 1.45. The number of aromatic hydroxyl groups is 1. The van der Waals surface area contributed by atoms with Crippen LogP contribution in [0.3, 0.4) is 0 Å². The van der Waals surface area contributed by atoms with E-state index >= 15 is 0 Å². The van der Waals surface area contributed by atoms with Crippen LogP contribution in [-0.4, -0.2) is 41.2 Å². The molecule has 8 heteroatoms. The fraction of sp³-hybridized carbons (Fsp3) is 0.290. The first kappa shape index (κ1) is 26.3. The van der Waals surface area contributed by atoms with Gasteiger partial charge in [-0.05, 0) is 48.2 Å². The molecule has 1 amide bonds. The first-order chi connectivity index (χ1) is 18.8. The maximum atomic E-state index is 13.7. The van der Waals surface area contributed by atoms with Crippen LogP contribution in [0.2, 0.25) is 0 Å². The van der Waals surface area contributed by atoms with Crippen molar-refractivity contribution < 1.29 is 23.8 Å². The number of aromatic nitrogens is 1. The Morgan fingerprint density at radius 2 is 1.97 bits per heavy atom. The fourth-order valence-corrected chi connectivity index (χ4v) is 5.08. The van der Waals surface area contributed by atoms with Gasteiger partial charge < -0.3 is 28.9 Å². The average Bonchev–Trinajstić information content (AvgIpc) is 3.31. The number of carbonyl (C=O) groups is 1. The van der Waals surface area contributed by atoms with Gasteiger partial charge in [-0.3, -0.25) is 9.59 Å². The number of rotatable bonds is 9. The topological polar surface area (TPSA) is 105 Å². The lowest BCUT2D eigenvalue weighted by Gasteiger charge is -2.29. The van der Waals surface area contributed by atoms with Gasteiger partial charge in [-0.25, -0.2) is 0 Å². The molecule has 1 aliphatic heterocycles. The Morgan fingerprint density at radius 3 is 2.72 bits per heavy atom. The van der Waals surface area contributed by atoms with E-state index in [2.05, 4.69) is 17.6 Å². The summed E-state index contributed by atoms with van der Waals surface area (Å²) in [6.07, 6.45) is 0.753. The highest BCUT2D eigenvalue weighted by molar-refractivity contribution is 5.86. The molecule has 3 heterocycles. The number of nitrogens with one attached hydrogen (secondary N) is 1. The minimum atomic E-state index is -0.693. The summed E-state index contributed by atoms with van der Waals surface area (Å²) in [6.45, 7) is 7.22. The van der Waals surface area contributed by atoms with Crippen molar-refractivity contribution >= 4 is 16.8 Å². The number of methoxy groups -OCH3 is 1. The molecule has 0 saturated carbocycles. The van der Waals surface area contributed by atoms with Crippen molar-refractivity contribution in [1.82, 2.24) is 9.88 Å². The summed E-state index contributed by atoms with van der Waals surface area (Å²) in [5, 5.41) is 11.9. The third-order valence-corrected chi connectivity index (χ3v) is 6.98. The molecular formula is C31H32N2O6. The predicted molar refractivity (Wildman–Crippen MR) is 148 cm³/mol. The molecule has 0 spiro atoms. The van der Waals surface area contributed by atoms with Gasteiger partial charge in [0.1, 0.15) is 24.7 Å². The summed E-state index contributed by atoms with van der Waals surface area (Å²) in [7, 11) is 1.49. The summed E-state index contributed by atoms with van der Waals surface area (Å²) in [6, 6.07) is 16.6. The van der Waals surface area contributed by atoms with Crippen LogP contribution in [0.4, 0.5) is 0 Å². The number of fused-ring (bicyclic) bond motifs is 3. The Labute approximate surface area is 226 Å². The summed E-state index contributed by atoms with van der Waals surface area (Å²) in [5.74, 6) is -0.344. The second kappa shape index (κ2) is 11.2. The SMILES string of the molecule is C=C(C)COc1ccc([C@@H](CC(=O)N2CCc3c([nH]c4ccccc34)C2)c2oc(COC)cc(=O)c2O)cc1. The van der Waals surface area contributed by atoms with Gasteiger partial charge in [0.15, 0.2) is 5.76 Å². The number of H-pyrrole nitrogens is 1. The van der Waals surface area contributed by atoms with Crippen LogP contribution in [-0.2, 0) is 29.1 Å². The summed E-state index contributed by atoms with van der Waals surface area (Å²) >= 11 is 0. The van der Waals surface area contributed by atoms with Gasteiger partial charge >= 0.3 is 0 Å². The van der Waals surface area contributed by atoms with Crippen LogP contribution in [0, 0.1) is 0 Å². The number of hydrogen-bond acceptors (Lipinski definition) is 6. The molecule has 1 atom stereocenters. The zero-order chi connectivity index (χ0) is 27.5. The number of nitrogens with zero attached hydrogens (tertiary/aromatic N) is 1. The molecule has 0 unspecified atom stereocenters. The maximum absolute atomic E-state index is 13.7. The molecule has 1 aliphatic rings. The van der Waals surface area contributed by atoms with E-state index in [-0.39, 0.29) is 30.5 Å². The number of para-hydroxylation sites is 1. The predicted octanol–water partition coefficient (Wildman–Crippen LogP) is 5.03. The van der Waals surface area contributed by atoms with Crippen molar-refractivity contribution in [2.45, 2.75) is 38.8 Å². The van der Waals surface area contributed by atoms with E-state index < -0.39 is 17.1 Å². The van der Waals surface area contributed by atoms with Gasteiger partial charge in [-0.2, -0.15) is 0 Å². The molecule has 0 saturated heterocycles. The van der Waals surface area contributed by atoms with Crippen molar-refractivity contribution in [2.75, 3.05) is 20.3 Å². The normalized spacial score (nSPS) is 13.7. The number of benzene rings is 2. The van der Waals surface area contributed by atoms with Gasteiger partial charge in [-0.15, -0.1) is 0 Å². The van der Waals surface area contributed by atoms with Crippen molar-refractivity contribution in [3.63, 3.8) is 0 Å². The molecular weight excluding hydrogens is 496 g/mol. The second-order valence-corrected chi connectivity index (χ2v) is 9.99. The highest BCUT2D eigenvalue weighted by Crippen LogP contribution is 2.35. The molecule has 0 fully saturated rings.